The van der Waals surface area contributed by atoms with Gasteiger partial charge < -0.3 is 20.9 Å². The highest BCUT2D eigenvalue weighted by molar-refractivity contribution is 5.98. The van der Waals surface area contributed by atoms with E-state index < -0.39 is 5.41 Å². The first-order chi connectivity index (χ1) is 13.3. The molecule has 0 saturated carbocycles. The number of likely N-dealkylation sites (N-methyl/N-ethyl adjacent to an activating group) is 1. The number of rotatable bonds is 4. The largest absolute Gasteiger partial charge is 0.354 e. The summed E-state index contributed by atoms with van der Waals surface area (Å²) in [5, 5.41) is 3.07. The van der Waals surface area contributed by atoms with Gasteiger partial charge in [-0.2, -0.15) is 0 Å². The van der Waals surface area contributed by atoms with Crippen LogP contribution >= 0.6 is 0 Å². The van der Waals surface area contributed by atoms with Gasteiger partial charge in [0.25, 0.3) is 0 Å². The van der Waals surface area contributed by atoms with Crippen molar-refractivity contribution in [3.05, 3.63) is 42.1 Å². The summed E-state index contributed by atoms with van der Waals surface area (Å²) in [5.74, 6) is 0.900. The van der Waals surface area contributed by atoms with Crippen LogP contribution in [0.4, 0.5) is 11.5 Å². The van der Waals surface area contributed by atoms with Crippen LogP contribution in [0, 0.1) is 5.41 Å². The number of benzene rings is 1. The fourth-order valence-electron chi connectivity index (χ4n) is 3.25. The SMILES string of the molecule is CN1CCN(c2cc(-c3ccccc3CN)c(NC(=O)C(C)(C)C)cn2)CC1. The van der Waals surface area contributed by atoms with Crippen molar-refractivity contribution in [1.82, 2.24) is 9.88 Å². The summed E-state index contributed by atoms with van der Waals surface area (Å²) in [7, 11) is 2.14. The topological polar surface area (TPSA) is 74.5 Å². The summed E-state index contributed by atoms with van der Waals surface area (Å²) >= 11 is 0. The lowest BCUT2D eigenvalue weighted by Gasteiger charge is -2.33. The van der Waals surface area contributed by atoms with Crippen LogP contribution < -0.4 is 16.0 Å². The molecule has 0 atom stereocenters. The Kier molecular flexibility index (Phi) is 6.01. The second-order valence-electron chi connectivity index (χ2n) is 8.44. The number of nitrogens with zero attached hydrogens (tertiary/aromatic N) is 3. The normalized spacial score (nSPS) is 15.5. The van der Waals surface area contributed by atoms with Crippen molar-refractivity contribution in [3.63, 3.8) is 0 Å². The summed E-state index contributed by atoms with van der Waals surface area (Å²) < 4.78 is 0. The minimum absolute atomic E-state index is 0.0341. The molecule has 1 aliphatic rings. The van der Waals surface area contributed by atoms with Gasteiger partial charge >= 0.3 is 0 Å². The third kappa shape index (κ3) is 4.51. The smallest absolute Gasteiger partial charge is 0.229 e. The fourth-order valence-corrected chi connectivity index (χ4v) is 3.25. The van der Waals surface area contributed by atoms with Crippen molar-refractivity contribution in [2.45, 2.75) is 27.3 Å². The Morgan fingerprint density at radius 1 is 1.14 bits per heavy atom. The van der Waals surface area contributed by atoms with Gasteiger partial charge in [-0.15, -0.1) is 0 Å². The number of nitrogens with two attached hydrogens (primary N) is 1. The number of piperazine rings is 1. The molecule has 0 spiro atoms. The molecule has 6 heteroatoms. The molecule has 3 N–H and O–H groups in total. The summed E-state index contributed by atoms with van der Waals surface area (Å²) in [6.45, 7) is 10.1. The van der Waals surface area contributed by atoms with E-state index in [0.29, 0.717) is 6.54 Å². The van der Waals surface area contributed by atoms with E-state index in [1.807, 2.05) is 39.0 Å². The lowest BCUT2D eigenvalue weighted by atomic mass is 9.94. The maximum atomic E-state index is 12.6. The van der Waals surface area contributed by atoms with Crippen LogP contribution in [0.2, 0.25) is 0 Å². The molecule has 0 radical (unpaired) electrons. The number of anilines is 2. The molecular formula is C22H31N5O. The van der Waals surface area contributed by atoms with Crippen LogP contribution in [0.5, 0.6) is 0 Å². The summed E-state index contributed by atoms with van der Waals surface area (Å²) in [6, 6.07) is 10.2. The summed E-state index contributed by atoms with van der Waals surface area (Å²) in [6.07, 6.45) is 1.78. The molecule has 1 aliphatic heterocycles. The van der Waals surface area contributed by atoms with Crippen LogP contribution in [0.1, 0.15) is 26.3 Å². The molecule has 1 aromatic carbocycles. The average Bonchev–Trinajstić information content (AvgIpc) is 2.68. The lowest BCUT2D eigenvalue weighted by Crippen LogP contribution is -2.44. The predicted molar refractivity (Wildman–Crippen MR) is 115 cm³/mol. The van der Waals surface area contributed by atoms with Crippen LogP contribution in [0.25, 0.3) is 11.1 Å². The average molecular weight is 382 g/mol. The first-order valence-corrected chi connectivity index (χ1v) is 9.83. The van der Waals surface area contributed by atoms with Gasteiger partial charge in [0.2, 0.25) is 5.91 Å². The Bertz CT molecular complexity index is 835. The molecular weight excluding hydrogens is 350 g/mol. The highest BCUT2D eigenvalue weighted by Gasteiger charge is 2.24. The van der Waals surface area contributed by atoms with E-state index in [4.69, 9.17) is 5.73 Å². The number of pyridine rings is 1. The van der Waals surface area contributed by atoms with Crippen molar-refractivity contribution < 1.29 is 4.79 Å². The number of amides is 1. The van der Waals surface area contributed by atoms with Crippen LogP contribution in [0.3, 0.4) is 0 Å². The van der Waals surface area contributed by atoms with Crippen molar-refractivity contribution >= 4 is 17.4 Å². The molecule has 2 aromatic rings. The fraction of sp³-hybridized carbons (Fsp3) is 0.455. The highest BCUT2D eigenvalue weighted by Crippen LogP contribution is 2.34. The molecule has 2 heterocycles. The van der Waals surface area contributed by atoms with E-state index in [9.17, 15) is 4.79 Å². The zero-order chi connectivity index (χ0) is 20.3. The molecule has 1 aromatic heterocycles. The molecule has 1 amide bonds. The Morgan fingerprint density at radius 3 is 2.46 bits per heavy atom. The number of hydrogen-bond donors (Lipinski definition) is 2. The zero-order valence-electron chi connectivity index (χ0n) is 17.3. The van der Waals surface area contributed by atoms with Gasteiger partial charge in [0, 0.05) is 43.7 Å². The van der Waals surface area contributed by atoms with Gasteiger partial charge in [0.1, 0.15) is 5.82 Å². The van der Waals surface area contributed by atoms with Crippen molar-refractivity contribution in [2.75, 3.05) is 43.4 Å². The van der Waals surface area contributed by atoms with Crippen molar-refractivity contribution in [3.8, 4) is 11.1 Å². The minimum atomic E-state index is -0.485. The second kappa shape index (κ2) is 8.29. The predicted octanol–water partition coefficient (Wildman–Crippen LogP) is 2.94. The standard InChI is InChI=1S/C22H31N5O/c1-22(2,3)21(28)25-19-15-24-20(27-11-9-26(4)10-12-27)13-18(19)17-8-6-5-7-16(17)14-23/h5-8,13,15H,9-12,14,23H2,1-4H3,(H,25,28). The number of carbonyl (C=O) groups is 1. The van der Waals surface area contributed by atoms with E-state index in [1.165, 1.54) is 0 Å². The van der Waals surface area contributed by atoms with Crippen LogP contribution in [-0.4, -0.2) is 49.0 Å². The third-order valence-corrected chi connectivity index (χ3v) is 5.17. The summed E-state index contributed by atoms with van der Waals surface area (Å²) in [5.41, 5.74) is 9.26. The maximum absolute atomic E-state index is 12.6. The van der Waals surface area contributed by atoms with Gasteiger partial charge in [-0.1, -0.05) is 45.0 Å². The van der Waals surface area contributed by atoms with Crippen molar-refractivity contribution in [1.29, 1.82) is 0 Å². The molecule has 6 nitrogen and oxygen atoms in total. The molecule has 0 unspecified atom stereocenters. The molecule has 3 rings (SSSR count). The Hall–Kier alpha value is -2.44. The van der Waals surface area contributed by atoms with Crippen LogP contribution in [0.15, 0.2) is 36.5 Å². The quantitative estimate of drug-likeness (QED) is 0.852. The molecule has 28 heavy (non-hydrogen) atoms. The van der Waals surface area contributed by atoms with Gasteiger partial charge in [-0.25, -0.2) is 4.98 Å². The zero-order valence-corrected chi connectivity index (χ0v) is 17.3. The van der Waals surface area contributed by atoms with E-state index in [0.717, 1.165) is 54.4 Å². The molecule has 0 aliphatic carbocycles. The van der Waals surface area contributed by atoms with Gasteiger partial charge in [-0.3, -0.25) is 4.79 Å². The highest BCUT2D eigenvalue weighted by atomic mass is 16.2. The molecule has 1 fully saturated rings. The second-order valence-corrected chi connectivity index (χ2v) is 8.44. The molecule has 1 saturated heterocycles. The lowest BCUT2D eigenvalue weighted by molar-refractivity contribution is -0.123. The first kappa shape index (κ1) is 20.3. The molecule has 0 bridgehead atoms. The Labute approximate surface area is 167 Å². The Morgan fingerprint density at radius 2 is 1.82 bits per heavy atom. The van der Waals surface area contributed by atoms with Gasteiger partial charge in [0.05, 0.1) is 11.9 Å². The van der Waals surface area contributed by atoms with E-state index in [2.05, 4.69) is 39.3 Å². The summed E-state index contributed by atoms with van der Waals surface area (Å²) in [4.78, 5) is 21.9. The van der Waals surface area contributed by atoms with E-state index in [1.54, 1.807) is 6.20 Å². The maximum Gasteiger partial charge on any atom is 0.229 e. The Balaban J connectivity index is 2.03. The van der Waals surface area contributed by atoms with Crippen molar-refractivity contribution in [2.24, 2.45) is 11.1 Å². The number of aromatic nitrogens is 1. The number of hydrogen-bond acceptors (Lipinski definition) is 5. The number of carbonyl (C=O) groups excluding carboxylic acids is 1. The van der Waals surface area contributed by atoms with E-state index >= 15 is 0 Å². The minimum Gasteiger partial charge on any atom is -0.354 e. The number of nitrogens with one attached hydrogen (secondary N) is 1. The van der Waals surface area contributed by atoms with Crippen LogP contribution in [-0.2, 0) is 11.3 Å². The van der Waals surface area contributed by atoms with Gasteiger partial charge in [0.15, 0.2) is 0 Å². The monoisotopic (exact) mass is 381 g/mol. The first-order valence-electron chi connectivity index (χ1n) is 9.83. The molecule has 150 valence electrons. The van der Waals surface area contributed by atoms with E-state index in [-0.39, 0.29) is 5.91 Å². The third-order valence-electron chi connectivity index (χ3n) is 5.17. The van der Waals surface area contributed by atoms with Gasteiger partial charge in [-0.05, 0) is 24.2 Å².